The molecule has 2 rings (SSSR count). The molecule has 2 heterocycles. The summed E-state index contributed by atoms with van der Waals surface area (Å²) in [5.74, 6) is -0.918. The highest BCUT2D eigenvalue weighted by Gasteiger charge is 2.32. The van der Waals surface area contributed by atoms with Gasteiger partial charge in [0.05, 0.1) is 6.04 Å². The fourth-order valence-corrected chi connectivity index (χ4v) is 3.06. The molecular formula is C13H18N2O3S. The Morgan fingerprint density at radius 1 is 1.53 bits per heavy atom. The minimum absolute atomic E-state index is 0.102. The number of likely N-dealkylation sites (tertiary alicyclic amines) is 1. The molecule has 0 aromatic carbocycles. The Hall–Kier alpha value is -1.56. The van der Waals surface area contributed by atoms with Gasteiger partial charge in [-0.1, -0.05) is 0 Å². The number of urea groups is 1. The van der Waals surface area contributed by atoms with Crippen LogP contribution in [-0.2, 0) is 4.79 Å². The first-order valence-electron chi connectivity index (χ1n) is 6.41. The highest BCUT2D eigenvalue weighted by molar-refractivity contribution is 7.07. The molecule has 1 aliphatic rings. The number of piperidine rings is 1. The number of hydrogen-bond acceptors (Lipinski definition) is 3. The number of rotatable bonds is 3. The van der Waals surface area contributed by atoms with Crippen molar-refractivity contribution in [1.29, 1.82) is 0 Å². The van der Waals surface area contributed by atoms with Gasteiger partial charge >= 0.3 is 12.0 Å². The van der Waals surface area contributed by atoms with E-state index in [4.69, 9.17) is 5.11 Å². The molecule has 1 fully saturated rings. The second kappa shape index (κ2) is 6.06. The van der Waals surface area contributed by atoms with Crippen LogP contribution >= 0.6 is 11.3 Å². The summed E-state index contributed by atoms with van der Waals surface area (Å²) in [6.07, 6.45) is 2.26. The molecule has 2 unspecified atom stereocenters. The predicted molar refractivity (Wildman–Crippen MR) is 73.2 cm³/mol. The molecule has 1 aliphatic heterocycles. The predicted octanol–water partition coefficient (Wildman–Crippen LogP) is 2.46. The first-order valence-corrected chi connectivity index (χ1v) is 7.36. The summed E-state index contributed by atoms with van der Waals surface area (Å²) in [6.45, 7) is 2.42. The lowest BCUT2D eigenvalue weighted by Crippen LogP contribution is -2.52. The Kier molecular flexibility index (Phi) is 4.42. The first kappa shape index (κ1) is 13.9. The minimum atomic E-state index is -0.918. The van der Waals surface area contributed by atoms with Gasteiger partial charge in [-0.05, 0) is 48.6 Å². The number of thiophene rings is 1. The van der Waals surface area contributed by atoms with E-state index in [-0.39, 0.29) is 12.1 Å². The molecule has 0 spiro atoms. The van der Waals surface area contributed by atoms with Crippen molar-refractivity contribution in [3.05, 3.63) is 22.4 Å². The van der Waals surface area contributed by atoms with Gasteiger partial charge in [0.2, 0.25) is 0 Å². The van der Waals surface area contributed by atoms with Crippen LogP contribution in [0.4, 0.5) is 4.79 Å². The SMILES string of the molecule is CC(NC(=O)N1CCCCC1C(=O)O)c1ccsc1. The van der Waals surface area contributed by atoms with Gasteiger partial charge in [0.25, 0.3) is 0 Å². The van der Waals surface area contributed by atoms with Crippen molar-refractivity contribution in [3.63, 3.8) is 0 Å². The van der Waals surface area contributed by atoms with Crippen molar-refractivity contribution < 1.29 is 14.7 Å². The molecular weight excluding hydrogens is 264 g/mol. The number of hydrogen-bond donors (Lipinski definition) is 2. The lowest BCUT2D eigenvalue weighted by Gasteiger charge is -2.33. The third kappa shape index (κ3) is 3.26. The third-order valence-electron chi connectivity index (χ3n) is 3.43. The highest BCUT2D eigenvalue weighted by atomic mass is 32.1. The number of carboxylic acids is 1. The quantitative estimate of drug-likeness (QED) is 0.894. The second-order valence-electron chi connectivity index (χ2n) is 4.77. The van der Waals surface area contributed by atoms with Crippen LogP contribution in [0.15, 0.2) is 16.8 Å². The van der Waals surface area contributed by atoms with E-state index >= 15 is 0 Å². The summed E-state index contributed by atoms with van der Waals surface area (Å²) in [5.41, 5.74) is 1.04. The van der Waals surface area contributed by atoms with Crippen LogP contribution in [0, 0.1) is 0 Å². The van der Waals surface area contributed by atoms with E-state index in [1.54, 1.807) is 11.3 Å². The zero-order valence-electron chi connectivity index (χ0n) is 10.8. The second-order valence-corrected chi connectivity index (χ2v) is 5.55. The van der Waals surface area contributed by atoms with Crippen molar-refractivity contribution >= 4 is 23.3 Å². The highest BCUT2D eigenvalue weighted by Crippen LogP contribution is 2.20. The van der Waals surface area contributed by atoms with E-state index in [0.29, 0.717) is 13.0 Å². The van der Waals surface area contributed by atoms with Crippen molar-refractivity contribution in [1.82, 2.24) is 10.2 Å². The van der Waals surface area contributed by atoms with E-state index in [0.717, 1.165) is 18.4 Å². The summed E-state index contributed by atoms with van der Waals surface area (Å²) in [6, 6.07) is 0.880. The summed E-state index contributed by atoms with van der Waals surface area (Å²) < 4.78 is 0. The summed E-state index contributed by atoms with van der Waals surface area (Å²) in [5, 5.41) is 16.0. The zero-order chi connectivity index (χ0) is 13.8. The number of amides is 2. The summed E-state index contributed by atoms with van der Waals surface area (Å²) in [4.78, 5) is 24.8. The zero-order valence-corrected chi connectivity index (χ0v) is 11.7. The van der Waals surface area contributed by atoms with Crippen molar-refractivity contribution in [2.24, 2.45) is 0 Å². The Labute approximate surface area is 116 Å². The van der Waals surface area contributed by atoms with Crippen LogP contribution in [0.5, 0.6) is 0 Å². The van der Waals surface area contributed by atoms with Gasteiger partial charge in [-0.15, -0.1) is 0 Å². The van der Waals surface area contributed by atoms with Gasteiger partial charge in [0.1, 0.15) is 6.04 Å². The van der Waals surface area contributed by atoms with Gasteiger partial charge in [0.15, 0.2) is 0 Å². The van der Waals surface area contributed by atoms with Gasteiger partial charge in [-0.2, -0.15) is 11.3 Å². The topological polar surface area (TPSA) is 69.6 Å². The molecule has 0 bridgehead atoms. The Morgan fingerprint density at radius 3 is 2.95 bits per heavy atom. The van der Waals surface area contributed by atoms with Crippen LogP contribution in [0.3, 0.4) is 0 Å². The Morgan fingerprint density at radius 2 is 2.32 bits per heavy atom. The van der Waals surface area contributed by atoms with E-state index in [1.807, 2.05) is 23.8 Å². The van der Waals surface area contributed by atoms with Gasteiger partial charge in [0, 0.05) is 6.54 Å². The number of carbonyl (C=O) groups is 2. The molecule has 2 amide bonds. The molecule has 1 aromatic heterocycles. The molecule has 1 aromatic rings. The Balaban J connectivity index is 2.00. The number of aliphatic carboxylic acids is 1. The molecule has 0 aliphatic carbocycles. The molecule has 2 atom stereocenters. The number of nitrogens with one attached hydrogen (secondary N) is 1. The normalized spacial score (nSPS) is 20.9. The molecule has 19 heavy (non-hydrogen) atoms. The maximum Gasteiger partial charge on any atom is 0.326 e. The number of nitrogens with zero attached hydrogens (tertiary/aromatic N) is 1. The number of carbonyl (C=O) groups excluding carboxylic acids is 1. The monoisotopic (exact) mass is 282 g/mol. The van der Waals surface area contributed by atoms with E-state index in [9.17, 15) is 9.59 Å². The number of carboxylic acid groups (broad SMARTS) is 1. The third-order valence-corrected chi connectivity index (χ3v) is 4.13. The van der Waals surface area contributed by atoms with E-state index < -0.39 is 12.0 Å². The minimum Gasteiger partial charge on any atom is -0.480 e. The lowest BCUT2D eigenvalue weighted by atomic mass is 10.0. The Bertz CT molecular complexity index is 447. The molecule has 1 saturated heterocycles. The molecule has 6 heteroatoms. The average Bonchev–Trinajstić information content (AvgIpc) is 2.92. The van der Waals surface area contributed by atoms with E-state index in [2.05, 4.69) is 5.32 Å². The van der Waals surface area contributed by atoms with Crippen molar-refractivity contribution in [2.75, 3.05) is 6.54 Å². The maximum absolute atomic E-state index is 12.2. The van der Waals surface area contributed by atoms with Crippen molar-refractivity contribution in [2.45, 2.75) is 38.3 Å². The molecule has 0 radical (unpaired) electrons. The van der Waals surface area contributed by atoms with Gasteiger partial charge < -0.3 is 15.3 Å². The standard InChI is InChI=1S/C13H18N2O3S/c1-9(10-5-7-19-8-10)14-13(18)15-6-3-2-4-11(15)12(16)17/h5,7-9,11H,2-4,6H2,1H3,(H,14,18)(H,16,17). The molecule has 0 saturated carbocycles. The van der Waals surface area contributed by atoms with Crippen molar-refractivity contribution in [3.8, 4) is 0 Å². The van der Waals surface area contributed by atoms with Crippen LogP contribution in [0.1, 0.15) is 37.8 Å². The lowest BCUT2D eigenvalue weighted by molar-refractivity contribution is -0.143. The maximum atomic E-state index is 12.2. The smallest absolute Gasteiger partial charge is 0.326 e. The van der Waals surface area contributed by atoms with Crippen LogP contribution in [-0.4, -0.2) is 34.6 Å². The van der Waals surface area contributed by atoms with Crippen LogP contribution in [0.25, 0.3) is 0 Å². The summed E-state index contributed by atoms with van der Waals surface area (Å²) in [7, 11) is 0. The fraction of sp³-hybridized carbons (Fsp3) is 0.538. The summed E-state index contributed by atoms with van der Waals surface area (Å²) >= 11 is 1.58. The first-order chi connectivity index (χ1) is 9.09. The fourth-order valence-electron chi connectivity index (χ4n) is 2.30. The van der Waals surface area contributed by atoms with Gasteiger partial charge in [-0.25, -0.2) is 9.59 Å². The molecule has 2 N–H and O–H groups in total. The average molecular weight is 282 g/mol. The van der Waals surface area contributed by atoms with Gasteiger partial charge in [-0.3, -0.25) is 0 Å². The molecule has 104 valence electrons. The van der Waals surface area contributed by atoms with Crippen LogP contribution in [0.2, 0.25) is 0 Å². The largest absolute Gasteiger partial charge is 0.480 e. The van der Waals surface area contributed by atoms with Crippen LogP contribution < -0.4 is 5.32 Å². The van der Waals surface area contributed by atoms with E-state index in [1.165, 1.54) is 4.90 Å². The molecule has 5 nitrogen and oxygen atoms in total.